The zero-order chi connectivity index (χ0) is 24.5. The number of benzene rings is 2. The molecule has 0 radical (unpaired) electrons. The van der Waals surface area contributed by atoms with Crippen molar-refractivity contribution in [2.75, 3.05) is 19.7 Å². The van der Waals surface area contributed by atoms with Crippen LogP contribution in [0.5, 0.6) is 0 Å². The van der Waals surface area contributed by atoms with E-state index in [0.29, 0.717) is 24.4 Å². The summed E-state index contributed by atoms with van der Waals surface area (Å²) in [5.41, 5.74) is -0.0856. The fourth-order valence-corrected chi connectivity index (χ4v) is 5.39. The van der Waals surface area contributed by atoms with E-state index in [1.165, 1.54) is 36.4 Å². The summed E-state index contributed by atoms with van der Waals surface area (Å²) in [6, 6.07) is 11.7. The van der Waals surface area contributed by atoms with Crippen molar-refractivity contribution in [3.63, 3.8) is 0 Å². The minimum absolute atomic E-state index is 0.0600. The standard InChI is InChI=1S/C24H23ClN2O6S/c1-2-33-24(30)15-6-5-13-27(14-15)21-20(22(28)18-7-3-4-8-19(18)23(21)29)26-34(31,32)17-11-9-16(25)10-12-17/h3-4,7-12,15,26H,2,5-6,13-14H2,1H3/t15-/m1/s1. The molecule has 0 aromatic heterocycles. The number of Topliss-reactive ketones (excluding diaryl/α,β-unsaturated/α-hetero) is 2. The van der Waals surface area contributed by atoms with Gasteiger partial charge in [0.25, 0.3) is 10.0 Å². The molecular weight excluding hydrogens is 480 g/mol. The van der Waals surface area contributed by atoms with Gasteiger partial charge in [-0.05, 0) is 44.0 Å². The summed E-state index contributed by atoms with van der Waals surface area (Å²) < 4.78 is 33.7. The van der Waals surface area contributed by atoms with Crippen molar-refractivity contribution in [1.82, 2.24) is 9.62 Å². The Morgan fingerprint density at radius 1 is 1.09 bits per heavy atom. The predicted molar refractivity (Wildman–Crippen MR) is 125 cm³/mol. The van der Waals surface area contributed by atoms with Crippen LogP contribution in [0, 0.1) is 5.92 Å². The third-order valence-electron chi connectivity index (χ3n) is 5.81. The minimum Gasteiger partial charge on any atom is -0.466 e. The molecular formula is C24H23ClN2O6S. The molecule has 4 rings (SSSR count). The highest BCUT2D eigenvalue weighted by molar-refractivity contribution is 7.89. The number of halogens is 1. The molecule has 0 spiro atoms. The highest BCUT2D eigenvalue weighted by Crippen LogP contribution is 2.31. The van der Waals surface area contributed by atoms with Gasteiger partial charge in [-0.1, -0.05) is 35.9 Å². The highest BCUT2D eigenvalue weighted by Gasteiger charge is 2.39. The van der Waals surface area contributed by atoms with Gasteiger partial charge in [-0.15, -0.1) is 0 Å². The van der Waals surface area contributed by atoms with Crippen LogP contribution in [0.4, 0.5) is 0 Å². The van der Waals surface area contributed by atoms with Crippen LogP contribution in [0.15, 0.2) is 64.8 Å². The van der Waals surface area contributed by atoms with Gasteiger partial charge in [0.15, 0.2) is 0 Å². The molecule has 34 heavy (non-hydrogen) atoms. The summed E-state index contributed by atoms with van der Waals surface area (Å²) in [5, 5.41) is 0.357. The molecule has 1 heterocycles. The number of likely N-dealkylation sites (tertiary alicyclic amines) is 1. The summed E-state index contributed by atoms with van der Waals surface area (Å²) >= 11 is 5.87. The van der Waals surface area contributed by atoms with Crippen molar-refractivity contribution in [3.8, 4) is 0 Å². The van der Waals surface area contributed by atoms with Crippen molar-refractivity contribution in [2.45, 2.75) is 24.7 Å². The first-order chi connectivity index (χ1) is 16.2. The molecule has 2 aliphatic rings. The Labute approximate surface area is 202 Å². The van der Waals surface area contributed by atoms with Crippen molar-refractivity contribution in [3.05, 3.63) is 76.1 Å². The van der Waals surface area contributed by atoms with E-state index in [-0.39, 0.29) is 46.5 Å². The van der Waals surface area contributed by atoms with Crippen molar-refractivity contribution >= 4 is 39.2 Å². The lowest BCUT2D eigenvalue weighted by Crippen LogP contribution is -2.45. The van der Waals surface area contributed by atoms with Gasteiger partial charge >= 0.3 is 5.97 Å². The summed E-state index contributed by atoms with van der Waals surface area (Å²) in [5.74, 6) is -1.96. The third-order valence-corrected chi connectivity index (χ3v) is 7.43. The van der Waals surface area contributed by atoms with Gasteiger partial charge in [0.2, 0.25) is 11.6 Å². The number of sulfonamides is 1. The molecule has 1 atom stereocenters. The molecule has 0 unspecified atom stereocenters. The van der Waals surface area contributed by atoms with Crippen LogP contribution >= 0.6 is 11.6 Å². The molecule has 2 aromatic rings. The molecule has 10 heteroatoms. The minimum atomic E-state index is -4.20. The Morgan fingerprint density at radius 3 is 2.38 bits per heavy atom. The van der Waals surface area contributed by atoms with E-state index in [2.05, 4.69) is 4.72 Å². The number of ketones is 2. The summed E-state index contributed by atoms with van der Waals surface area (Å²) in [6.45, 7) is 2.47. The summed E-state index contributed by atoms with van der Waals surface area (Å²) in [4.78, 5) is 40.8. The maximum absolute atomic E-state index is 13.5. The monoisotopic (exact) mass is 502 g/mol. The van der Waals surface area contributed by atoms with E-state index in [1.54, 1.807) is 24.0 Å². The predicted octanol–water partition coefficient (Wildman–Crippen LogP) is 3.18. The van der Waals surface area contributed by atoms with Gasteiger partial charge in [0, 0.05) is 29.2 Å². The molecule has 178 valence electrons. The van der Waals surface area contributed by atoms with Crippen LogP contribution in [-0.2, 0) is 19.6 Å². The number of piperidine rings is 1. The Hall–Kier alpha value is -3.17. The maximum atomic E-state index is 13.5. The first-order valence-electron chi connectivity index (χ1n) is 10.9. The van der Waals surface area contributed by atoms with Crippen molar-refractivity contribution < 1.29 is 27.5 Å². The Kier molecular flexibility index (Phi) is 6.77. The number of esters is 1. The number of rotatable bonds is 6. The van der Waals surface area contributed by atoms with E-state index >= 15 is 0 Å². The molecule has 0 amide bonds. The average molecular weight is 503 g/mol. The number of nitrogens with zero attached hydrogens (tertiary/aromatic N) is 1. The Bertz CT molecular complexity index is 1290. The average Bonchev–Trinajstić information content (AvgIpc) is 2.83. The number of carbonyl (C=O) groups excluding carboxylic acids is 3. The lowest BCUT2D eigenvalue weighted by atomic mass is 9.88. The van der Waals surface area contributed by atoms with Gasteiger partial charge in [-0.25, -0.2) is 8.42 Å². The van der Waals surface area contributed by atoms with Crippen molar-refractivity contribution in [1.29, 1.82) is 0 Å². The van der Waals surface area contributed by atoms with E-state index in [9.17, 15) is 22.8 Å². The topological polar surface area (TPSA) is 110 Å². The van der Waals surface area contributed by atoms with Crippen LogP contribution in [0.25, 0.3) is 0 Å². The Morgan fingerprint density at radius 2 is 1.74 bits per heavy atom. The van der Waals surface area contributed by atoms with Gasteiger partial charge in [0.05, 0.1) is 17.4 Å². The van der Waals surface area contributed by atoms with Crippen LogP contribution in [0.3, 0.4) is 0 Å². The largest absolute Gasteiger partial charge is 0.466 e. The second-order valence-electron chi connectivity index (χ2n) is 8.02. The molecule has 1 saturated heterocycles. The van der Waals surface area contributed by atoms with E-state index in [0.717, 1.165) is 0 Å². The molecule has 1 fully saturated rings. The molecule has 0 saturated carbocycles. The number of ether oxygens (including phenoxy) is 1. The smallest absolute Gasteiger partial charge is 0.310 e. The number of allylic oxidation sites excluding steroid dienone is 2. The van der Waals surface area contributed by atoms with Crippen molar-refractivity contribution in [2.24, 2.45) is 5.92 Å². The second-order valence-corrected chi connectivity index (χ2v) is 10.1. The van der Waals surface area contributed by atoms with Crippen LogP contribution in [0.2, 0.25) is 5.02 Å². The van der Waals surface area contributed by atoms with E-state index in [4.69, 9.17) is 16.3 Å². The van der Waals surface area contributed by atoms with E-state index < -0.39 is 27.5 Å². The zero-order valence-electron chi connectivity index (χ0n) is 18.4. The second kappa shape index (κ2) is 9.60. The highest BCUT2D eigenvalue weighted by atomic mass is 35.5. The number of hydrogen-bond donors (Lipinski definition) is 1. The number of hydrogen-bond acceptors (Lipinski definition) is 7. The van der Waals surface area contributed by atoms with E-state index in [1.807, 2.05) is 0 Å². The Balaban J connectivity index is 1.78. The van der Waals surface area contributed by atoms with Crippen LogP contribution in [0.1, 0.15) is 40.5 Å². The first kappa shape index (κ1) is 24.0. The fourth-order valence-electron chi connectivity index (χ4n) is 4.20. The van der Waals surface area contributed by atoms with Gasteiger partial charge in [0.1, 0.15) is 11.4 Å². The summed E-state index contributed by atoms with van der Waals surface area (Å²) in [7, 11) is -4.20. The number of carbonyl (C=O) groups is 3. The molecule has 0 bridgehead atoms. The van der Waals surface area contributed by atoms with Gasteiger partial charge in [-0.3, -0.25) is 19.1 Å². The maximum Gasteiger partial charge on any atom is 0.310 e. The normalized spacial score (nSPS) is 18.5. The lowest BCUT2D eigenvalue weighted by Gasteiger charge is -2.36. The number of fused-ring (bicyclic) bond motifs is 1. The van der Waals surface area contributed by atoms with Crippen LogP contribution in [-0.4, -0.2) is 50.5 Å². The van der Waals surface area contributed by atoms with Gasteiger partial charge in [-0.2, -0.15) is 0 Å². The molecule has 1 aliphatic carbocycles. The van der Waals surface area contributed by atoms with Gasteiger partial charge < -0.3 is 9.64 Å². The fraction of sp³-hybridized carbons (Fsp3) is 0.292. The molecule has 1 N–H and O–H groups in total. The quantitative estimate of drug-likeness (QED) is 0.604. The zero-order valence-corrected chi connectivity index (χ0v) is 20.0. The first-order valence-corrected chi connectivity index (χ1v) is 12.7. The summed E-state index contributed by atoms with van der Waals surface area (Å²) in [6.07, 6.45) is 1.15. The molecule has 8 nitrogen and oxygen atoms in total. The number of nitrogens with one attached hydrogen (secondary N) is 1. The third kappa shape index (κ3) is 4.58. The molecule has 1 aliphatic heterocycles. The van der Waals surface area contributed by atoms with Crippen LogP contribution < -0.4 is 4.72 Å². The lowest BCUT2D eigenvalue weighted by molar-refractivity contribution is -0.149. The SMILES string of the molecule is CCOC(=O)[C@@H]1CCCN(C2=C(NS(=O)(=O)c3ccc(Cl)cc3)C(=O)c3ccccc3C2=O)C1. The molecule has 2 aromatic carbocycles.